The van der Waals surface area contributed by atoms with Crippen LogP contribution in [0.5, 0.6) is 0 Å². The first kappa shape index (κ1) is 10.6. The normalized spacial score (nSPS) is 21.3. The molecule has 1 aliphatic heterocycles. The van der Waals surface area contributed by atoms with Crippen LogP contribution in [0.2, 0.25) is 0 Å². The molecule has 1 heterocycles. The Morgan fingerprint density at radius 2 is 2.27 bits per heavy atom. The van der Waals surface area contributed by atoms with E-state index in [-0.39, 0.29) is 5.82 Å². The molecule has 0 amide bonds. The predicted octanol–water partition coefficient (Wildman–Crippen LogP) is 2.72. The van der Waals surface area contributed by atoms with Crippen molar-refractivity contribution >= 4 is 23.1 Å². The summed E-state index contributed by atoms with van der Waals surface area (Å²) in [6.45, 7) is 0. The number of benzene rings is 1. The summed E-state index contributed by atoms with van der Waals surface area (Å²) in [6.07, 6.45) is 2.39. The summed E-state index contributed by atoms with van der Waals surface area (Å²) < 4.78 is 13.1. The van der Waals surface area contributed by atoms with Crippen molar-refractivity contribution < 1.29 is 4.39 Å². The number of nitrogens with two attached hydrogens (primary N) is 1. The first-order valence-corrected chi connectivity index (χ1v) is 6.30. The van der Waals surface area contributed by atoms with Gasteiger partial charge in [0.25, 0.3) is 0 Å². The standard InChI is InChI=1S/C11H15FN2S/c12-8-4-9(13)6-11(5-8)14-10-2-1-3-15-7-10/h4-6,10,14H,1-3,7,13H2. The minimum absolute atomic E-state index is 0.277. The number of thioether (sulfide) groups is 1. The lowest BCUT2D eigenvalue weighted by Gasteiger charge is -2.23. The van der Waals surface area contributed by atoms with Gasteiger partial charge in [0.05, 0.1) is 0 Å². The van der Waals surface area contributed by atoms with Crippen molar-refractivity contribution in [2.75, 3.05) is 22.6 Å². The Morgan fingerprint density at radius 3 is 2.93 bits per heavy atom. The van der Waals surface area contributed by atoms with E-state index in [4.69, 9.17) is 5.73 Å². The van der Waals surface area contributed by atoms with Gasteiger partial charge in [0.2, 0.25) is 0 Å². The maximum atomic E-state index is 13.1. The van der Waals surface area contributed by atoms with Crippen LogP contribution < -0.4 is 11.1 Å². The quantitative estimate of drug-likeness (QED) is 0.761. The number of nitrogen functional groups attached to an aromatic ring is 1. The van der Waals surface area contributed by atoms with Gasteiger partial charge in [-0.25, -0.2) is 4.39 Å². The maximum absolute atomic E-state index is 13.1. The summed E-state index contributed by atoms with van der Waals surface area (Å²) in [5, 5.41) is 3.32. The Hall–Kier alpha value is -0.900. The smallest absolute Gasteiger partial charge is 0.127 e. The lowest BCUT2D eigenvalue weighted by molar-refractivity contribution is 0.627. The van der Waals surface area contributed by atoms with E-state index in [1.165, 1.54) is 24.3 Å². The van der Waals surface area contributed by atoms with E-state index < -0.39 is 0 Å². The molecule has 0 bridgehead atoms. The molecular weight excluding hydrogens is 211 g/mol. The Balaban J connectivity index is 2.02. The van der Waals surface area contributed by atoms with Crippen LogP contribution in [-0.2, 0) is 0 Å². The number of anilines is 2. The molecule has 0 saturated carbocycles. The first-order valence-electron chi connectivity index (χ1n) is 5.14. The molecule has 0 spiro atoms. The van der Waals surface area contributed by atoms with Crippen molar-refractivity contribution in [1.82, 2.24) is 0 Å². The minimum Gasteiger partial charge on any atom is -0.399 e. The van der Waals surface area contributed by atoms with Crippen molar-refractivity contribution in [3.8, 4) is 0 Å². The summed E-state index contributed by atoms with van der Waals surface area (Å²) in [7, 11) is 0. The molecule has 0 aromatic heterocycles. The van der Waals surface area contributed by atoms with Gasteiger partial charge in [-0.3, -0.25) is 0 Å². The fourth-order valence-electron chi connectivity index (χ4n) is 1.79. The Labute approximate surface area is 93.4 Å². The van der Waals surface area contributed by atoms with Crippen LogP contribution in [0.15, 0.2) is 18.2 Å². The molecular formula is C11H15FN2S. The van der Waals surface area contributed by atoms with E-state index in [1.54, 1.807) is 6.07 Å². The van der Waals surface area contributed by atoms with Gasteiger partial charge in [-0.1, -0.05) is 0 Å². The van der Waals surface area contributed by atoms with E-state index in [1.807, 2.05) is 11.8 Å². The van der Waals surface area contributed by atoms with Crippen LogP contribution >= 0.6 is 11.8 Å². The van der Waals surface area contributed by atoms with Gasteiger partial charge >= 0.3 is 0 Å². The summed E-state index contributed by atoms with van der Waals surface area (Å²) in [5.41, 5.74) is 6.84. The molecule has 4 heteroatoms. The van der Waals surface area contributed by atoms with Crippen LogP contribution in [0.4, 0.5) is 15.8 Å². The zero-order valence-electron chi connectivity index (χ0n) is 8.50. The van der Waals surface area contributed by atoms with Crippen LogP contribution in [-0.4, -0.2) is 17.5 Å². The van der Waals surface area contributed by atoms with E-state index in [0.29, 0.717) is 11.7 Å². The van der Waals surface area contributed by atoms with Gasteiger partial charge in [-0.2, -0.15) is 11.8 Å². The van der Waals surface area contributed by atoms with Gasteiger partial charge in [-0.05, 0) is 36.8 Å². The molecule has 2 nitrogen and oxygen atoms in total. The summed E-state index contributed by atoms with van der Waals surface area (Å²) in [4.78, 5) is 0. The first-order chi connectivity index (χ1) is 7.24. The highest BCUT2D eigenvalue weighted by molar-refractivity contribution is 7.99. The topological polar surface area (TPSA) is 38.0 Å². The second-order valence-electron chi connectivity index (χ2n) is 3.83. The molecule has 1 saturated heterocycles. The largest absolute Gasteiger partial charge is 0.399 e. The molecule has 1 aliphatic rings. The molecule has 3 N–H and O–H groups in total. The molecule has 1 aromatic rings. The van der Waals surface area contributed by atoms with Crippen LogP contribution in [0.1, 0.15) is 12.8 Å². The van der Waals surface area contributed by atoms with Crippen molar-refractivity contribution in [3.05, 3.63) is 24.0 Å². The second-order valence-corrected chi connectivity index (χ2v) is 4.98. The zero-order valence-corrected chi connectivity index (χ0v) is 9.32. The van der Waals surface area contributed by atoms with Gasteiger partial charge in [0.1, 0.15) is 5.82 Å². The van der Waals surface area contributed by atoms with Crippen LogP contribution in [0.25, 0.3) is 0 Å². The summed E-state index contributed by atoms with van der Waals surface area (Å²) in [5.74, 6) is 2.06. The molecule has 1 atom stereocenters. The average molecular weight is 226 g/mol. The average Bonchev–Trinajstić information content (AvgIpc) is 2.17. The third-order valence-electron chi connectivity index (χ3n) is 2.45. The van der Waals surface area contributed by atoms with Crippen LogP contribution in [0.3, 0.4) is 0 Å². The summed E-state index contributed by atoms with van der Waals surface area (Å²) in [6, 6.07) is 5.06. The van der Waals surface area contributed by atoms with Crippen molar-refractivity contribution in [2.45, 2.75) is 18.9 Å². The molecule has 0 aliphatic carbocycles. The molecule has 2 rings (SSSR count). The predicted molar refractivity (Wildman–Crippen MR) is 64.8 cm³/mol. The SMILES string of the molecule is Nc1cc(F)cc(NC2CCCSC2)c1. The Kier molecular flexibility index (Phi) is 3.36. The summed E-state index contributed by atoms with van der Waals surface area (Å²) >= 11 is 1.94. The second kappa shape index (κ2) is 4.75. The fourth-order valence-corrected chi connectivity index (χ4v) is 2.86. The Bertz CT molecular complexity index is 317. The van der Waals surface area contributed by atoms with E-state index >= 15 is 0 Å². The molecule has 1 aromatic carbocycles. The molecule has 0 radical (unpaired) electrons. The van der Waals surface area contributed by atoms with Gasteiger partial charge in [-0.15, -0.1) is 0 Å². The lowest BCUT2D eigenvalue weighted by Crippen LogP contribution is -2.25. The van der Waals surface area contributed by atoms with E-state index in [0.717, 1.165) is 17.9 Å². The molecule has 82 valence electrons. The van der Waals surface area contributed by atoms with Crippen molar-refractivity contribution in [2.24, 2.45) is 0 Å². The van der Waals surface area contributed by atoms with Gasteiger partial charge < -0.3 is 11.1 Å². The number of hydrogen-bond donors (Lipinski definition) is 2. The van der Waals surface area contributed by atoms with E-state index in [9.17, 15) is 4.39 Å². The molecule has 15 heavy (non-hydrogen) atoms. The highest BCUT2D eigenvalue weighted by atomic mass is 32.2. The van der Waals surface area contributed by atoms with Gasteiger partial charge in [0, 0.05) is 23.2 Å². The third-order valence-corrected chi connectivity index (χ3v) is 3.67. The van der Waals surface area contributed by atoms with E-state index in [2.05, 4.69) is 5.32 Å². The maximum Gasteiger partial charge on any atom is 0.127 e. The van der Waals surface area contributed by atoms with Gasteiger partial charge in [0.15, 0.2) is 0 Å². The lowest BCUT2D eigenvalue weighted by atomic mass is 10.1. The van der Waals surface area contributed by atoms with Crippen molar-refractivity contribution in [1.29, 1.82) is 0 Å². The number of nitrogens with one attached hydrogen (secondary N) is 1. The highest BCUT2D eigenvalue weighted by Crippen LogP contribution is 2.22. The highest BCUT2D eigenvalue weighted by Gasteiger charge is 2.13. The van der Waals surface area contributed by atoms with Crippen molar-refractivity contribution in [3.63, 3.8) is 0 Å². The number of hydrogen-bond acceptors (Lipinski definition) is 3. The number of halogens is 1. The Morgan fingerprint density at radius 1 is 1.40 bits per heavy atom. The minimum atomic E-state index is -0.277. The van der Waals surface area contributed by atoms with Crippen LogP contribution in [0, 0.1) is 5.82 Å². The third kappa shape index (κ3) is 3.02. The zero-order chi connectivity index (χ0) is 10.7. The fraction of sp³-hybridized carbons (Fsp3) is 0.455. The number of rotatable bonds is 2. The molecule has 1 fully saturated rings. The monoisotopic (exact) mass is 226 g/mol. The molecule has 1 unspecified atom stereocenters.